The van der Waals surface area contributed by atoms with Crippen molar-refractivity contribution in [2.75, 3.05) is 12.4 Å². The maximum absolute atomic E-state index is 5.87. The number of aromatic nitrogens is 3. The zero-order valence-electron chi connectivity index (χ0n) is 12.9. The molecule has 0 bridgehead atoms. The van der Waals surface area contributed by atoms with Gasteiger partial charge in [-0.1, -0.05) is 13.0 Å². The molecule has 0 aliphatic rings. The highest BCUT2D eigenvalue weighted by Crippen LogP contribution is 2.22. The van der Waals surface area contributed by atoms with E-state index in [-0.39, 0.29) is 24.0 Å². The summed E-state index contributed by atoms with van der Waals surface area (Å²) in [5.74, 6) is 1.68. The Hall–Kier alpha value is -1.84. The van der Waals surface area contributed by atoms with Gasteiger partial charge in [0, 0.05) is 13.2 Å². The molecule has 2 aromatic heterocycles. The highest BCUT2D eigenvalue weighted by atomic mass is 127. The van der Waals surface area contributed by atoms with Crippen molar-refractivity contribution in [1.82, 2.24) is 14.8 Å². The molecule has 7 nitrogen and oxygen atoms in total. The number of hydrogen-bond acceptors (Lipinski definition) is 4. The first-order valence-corrected chi connectivity index (χ1v) is 6.72. The van der Waals surface area contributed by atoms with E-state index in [0.29, 0.717) is 24.2 Å². The molecule has 2 rings (SSSR count). The van der Waals surface area contributed by atoms with Gasteiger partial charge in [-0.2, -0.15) is 5.10 Å². The third-order valence-corrected chi connectivity index (χ3v) is 3.03. The average Bonchev–Trinajstić information content (AvgIpc) is 2.81. The number of pyridine rings is 1. The first-order chi connectivity index (χ1) is 10.2. The van der Waals surface area contributed by atoms with E-state index in [2.05, 4.69) is 20.4 Å². The van der Waals surface area contributed by atoms with Crippen molar-refractivity contribution >= 4 is 35.8 Å². The molecule has 0 amide bonds. The summed E-state index contributed by atoms with van der Waals surface area (Å²) >= 11 is 0. The van der Waals surface area contributed by atoms with Gasteiger partial charge >= 0.3 is 0 Å². The van der Waals surface area contributed by atoms with E-state index < -0.39 is 0 Å². The molecule has 0 saturated heterocycles. The second-order valence-electron chi connectivity index (χ2n) is 4.45. The van der Waals surface area contributed by atoms with E-state index >= 15 is 0 Å². The topological polar surface area (TPSA) is 90.3 Å². The van der Waals surface area contributed by atoms with Crippen molar-refractivity contribution in [3.63, 3.8) is 0 Å². The standard InChI is InChI=1S/C14H20N6O.HI/c1-4-11-10(13(21-3)20(2)19-11)9-17-14(15)18-12-7-5-6-8-16-12;/h5-8H,4,9H2,1-3H3,(H3,15,16,17,18);1H. The molecule has 0 aliphatic heterocycles. The molecule has 2 aromatic rings. The minimum Gasteiger partial charge on any atom is -0.481 e. The second kappa shape index (κ2) is 8.57. The van der Waals surface area contributed by atoms with Crippen LogP contribution in [0.5, 0.6) is 5.88 Å². The van der Waals surface area contributed by atoms with Gasteiger partial charge in [-0.3, -0.25) is 0 Å². The van der Waals surface area contributed by atoms with Crippen LogP contribution in [0.2, 0.25) is 0 Å². The Morgan fingerprint density at radius 3 is 2.82 bits per heavy atom. The third kappa shape index (κ3) is 4.33. The van der Waals surface area contributed by atoms with Crippen LogP contribution in [0, 0.1) is 0 Å². The van der Waals surface area contributed by atoms with Crippen molar-refractivity contribution in [2.45, 2.75) is 19.9 Å². The number of nitrogens with one attached hydrogen (secondary N) is 1. The summed E-state index contributed by atoms with van der Waals surface area (Å²) in [4.78, 5) is 8.46. The summed E-state index contributed by atoms with van der Waals surface area (Å²) in [6.07, 6.45) is 2.50. The van der Waals surface area contributed by atoms with E-state index in [1.54, 1.807) is 18.0 Å². The Labute approximate surface area is 147 Å². The highest BCUT2D eigenvalue weighted by Gasteiger charge is 2.15. The van der Waals surface area contributed by atoms with Crippen molar-refractivity contribution in [3.8, 4) is 5.88 Å². The Balaban J connectivity index is 0.00000242. The van der Waals surface area contributed by atoms with Gasteiger partial charge in [0.1, 0.15) is 5.82 Å². The van der Waals surface area contributed by atoms with Gasteiger partial charge in [-0.25, -0.2) is 14.7 Å². The van der Waals surface area contributed by atoms with Crippen LogP contribution >= 0.6 is 24.0 Å². The number of aliphatic imine (C=N–C) groups is 1. The van der Waals surface area contributed by atoms with E-state index in [4.69, 9.17) is 10.5 Å². The van der Waals surface area contributed by atoms with Crippen molar-refractivity contribution < 1.29 is 4.74 Å². The summed E-state index contributed by atoms with van der Waals surface area (Å²) in [5.41, 5.74) is 7.79. The number of hydrogen-bond donors (Lipinski definition) is 2. The fraction of sp³-hybridized carbons (Fsp3) is 0.357. The number of guanidine groups is 1. The predicted molar refractivity (Wildman–Crippen MR) is 97.7 cm³/mol. The van der Waals surface area contributed by atoms with E-state index in [0.717, 1.165) is 17.7 Å². The van der Waals surface area contributed by atoms with Gasteiger partial charge in [0.25, 0.3) is 0 Å². The lowest BCUT2D eigenvalue weighted by Gasteiger charge is -2.05. The first-order valence-electron chi connectivity index (χ1n) is 6.72. The van der Waals surface area contributed by atoms with E-state index in [1.165, 1.54) is 0 Å². The monoisotopic (exact) mass is 416 g/mol. The molecule has 0 unspecified atom stereocenters. The molecule has 0 saturated carbocycles. The number of methoxy groups -OCH3 is 1. The third-order valence-electron chi connectivity index (χ3n) is 3.03. The van der Waals surface area contributed by atoms with Crippen LogP contribution in [0.4, 0.5) is 5.82 Å². The maximum Gasteiger partial charge on any atom is 0.216 e. The van der Waals surface area contributed by atoms with Gasteiger partial charge in [0.05, 0.1) is 24.9 Å². The minimum atomic E-state index is 0. The SMILES string of the molecule is CCc1nn(C)c(OC)c1CN=C(N)Nc1ccccn1.I. The summed E-state index contributed by atoms with van der Waals surface area (Å²) < 4.78 is 7.08. The summed E-state index contributed by atoms with van der Waals surface area (Å²) in [7, 11) is 3.47. The number of ether oxygens (including phenoxy) is 1. The lowest BCUT2D eigenvalue weighted by atomic mass is 10.2. The number of rotatable bonds is 5. The van der Waals surface area contributed by atoms with Crippen LogP contribution < -0.4 is 15.8 Å². The van der Waals surface area contributed by atoms with Crippen LogP contribution in [-0.4, -0.2) is 27.8 Å². The molecule has 0 aromatic carbocycles. The number of nitrogens with zero attached hydrogens (tertiary/aromatic N) is 4. The van der Waals surface area contributed by atoms with Gasteiger partial charge < -0.3 is 15.8 Å². The van der Waals surface area contributed by atoms with E-state index in [1.807, 2.05) is 32.2 Å². The number of nitrogens with two attached hydrogens (primary N) is 1. The molecule has 0 atom stereocenters. The van der Waals surface area contributed by atoms with Gasteiger partial charge in [0.2, 0.25) is 5.88 Å². The number of aryl methyl sites for hydroxylation is 2. The first kappa shape index (κ1) is 18.2. The molecule has 0 spiro atoms. The smallest absolute Gasteiger partial charge is 0.216 e. The predicted octanol–water partition coefficient (Wildman–Crippen LogP) is 1.93. The normalized spacial score (nSPS) is 11.0. The van der Waals surface area contributed by atoms with Crippen molar-refractivity contribution in [3.05, 3.63) is 35.7 Å². The van der Waals surface area contributed by atoms with Crippen molar-refractivity contribution in [1.29, 1.82) is 0 Å². The Morgan fingerprint density at radius 1 is 1.45 bits per heavy atom. The Kier molecular flexibility index (Phi) is 7.09. The van der Waals surface area contributed by atoms with Gasteiger partial charge in [-0.15, -0.1) is 24.0 Å². The minimum absolute atomic E-state index is 0. The molecule has 22 heavy (non-hydrogen) atoms. The quantitative estimate of drug-likeness (QED) is 0.442. The zero-order valence-corrected chi connectivity index (χ0v) is 15.2. The highest BCUT2D eigenvalue weighted by molar-refractivity contribution is 14.0. The number of halogens is 1. The zero-order chi connectivity index (χ0) is 15.2. The van der Waals surface area contributed by atoms with Crippen LogP contribution in [-0.2, 0) is 20.0 Å². The van der Waals surface area contributed by atoms with Crippen molar-refractivity contribution in [2.24, 2.45) is 17.8 Å². The molecule has 0 aliphatic carbocycles. The summed E-state index contributed by atoms with van der Waals surface area (Å²) in [5, 5.41) is 7.35. The molecule has 0 radical (unpaired) electrons. The second-order valence-corrected chi connectivity index (χ2v) is 4.45. The molecular weight excluding hydrogens is 395 g/mol. The fourth-order valence-electron chi connectivity index (χ4n) is 2.08. The largest absolute Gasteiger partial charge is 0.481 e. The molecule has 120 valence electrons. The molecule has 0 fully saturated rings. The maximum atomic E-state index is 5.87. The van der Waals surface area contributed by atoms with Crippen LogP contribution in [0.1, 0.15) is 18.2 Å². The Morgan fingerprint density at radius 2 is 2.23 bits per heavy atom. The molecule has 3 N–H and O–H groups in total. The summed E-state index contributed by atoms with van der Waals surface area (Å²) in [6, 6.07) is 5.54. The van der Waals surface area contributed by atoms with Crippen LogP contribution in [0.3, 0.4) is 0 Å². The molecule has 8 heteroatoms. The molecule has 2 heterocycles. The number of anilines is 1. The van der Waals surface area contributed by atoms with Crippen LogP contribution in [0.25, 0.3) is 0 Å². The summed E-state index contributed by atoms with van der Waals surface area (Å²) in [6.45, 7) is 2.45. The average molecular weight is 416 g/mol. The molecular formula is C14H21IN6O. The fourth-order valence-corrected chi connectivity index (χ4v) is 2.08. The lowest BCUT2D eigenvalue weighted by molar-refractivity contribution is 0.369. The Bertz CT molecular complexity index is 626. The van der Waals surface area contributed by atoms with E-state index in [9.17, 15) is 0 Å². The van der Waals surface area contributed by atoms with Gasteiger partial charge in [-0.05, 0) is 18.6 Å². The van der Waals surface area contributed by atoms with Gasteiger partial charge in [0.15, 0.2) is 5.96 Å². The van der Waals surface area contributed by atoms with Crippen LogP contribution in [0.15, 0.2) is 29.4 Å². The lowest BCUT2D eigenvalue weighted by Crippen LogP contribution is -2.23.